The predicted molar refractivity (Wildman–Crippen MR) is 92.7 cm³/mol. The zero-order valence-corrected chi connectivity index (χ0v) is 14.0. The minimum absolute atomic E-state index is 0.0245. The van der Waals surface area contributed by atoms with E-state index in [4.69, 9.17) is 0 Å². The highest BCUT2D eigenvalue weighted by molar-refractivity contribution is 5.82. The van der Waals surface area contributed by atoms with Crippen LogP contribution in [0.1, 0.15) is 24.2 Å². The van der Waals surface area contributed by atoms with Crippen LogP contribution in [0.2, 0.25) is 0 Å². The van der Waals surface area contributed by atoms with Crippen molar-refractivity contribution >= 4 is 16.8 Å². The first-order valence-electron chi connectivity index (χ1n) is 7.83. The molecule has 0 spiro atoms. The Bertz CT molecular complexity index is 955. The lowest BCUT2D eigenvalue weighted by atomic mass is 10.1. The molecule has 2 aromatic heterocycles. The Morgan fingerprint density at radius 1 is 1.33 bits per heavy atom. The summed E-state index contributed by atoms with van der Waals surface area (Å²) in [5.74, 6) is -0.108. The maximum absolute atomic E-state index is 12.4. The highest BCUT2D eigenvalue weighted by Crippen LogP contribution is 2.14. The molecule has 0 aliphatic rings. The van der Waals surface area contributed by atoms with Crippen LogP contribution in [0.15, 0.2) is 47.5 Å². The number of carbonyl (C=O) groups excluding carboxylic acids is 1. The van der Waals surface area contributed by atoms with E-state index in [1.807, 2.05) is 49.9 Å². The normalized spacial score (nSPS) is 12.3. The molecule has 0 bridgehead atoms. The summed E-state index contributed by atoms with van der Waals surface area (Å²) >= 11 is 0. The van der Waals surface area contributed by atoms with Crippen molar-refractivity contribution in [1.29, 1.82) is 0 Å². The van der Waals surface area contributed by atoms with E-state index in [0.717, 1.165) is 16.8 Å². The summed E-state index contributed by atoms with van der Waals surface area (Å²) in [5.41, 5.74) is 2.46. The molecule has 0 radical (unpaired) electrons. The lowest BCUT2D eigenvalue weighted by molar-refractivity contribution is -0.122. The average Bonchev–Trinajstić information content (AvgIpc) is 2.98. The van der Waals surface area contributed by atoms with Crippen molar-refractivity contribution in [2.45, 2.75) is 26.4 Å². The van der Waals surface area contributed by atoms with E-state index in [-0.39, 0.29) is 23.9 Å². The number of pyridine rings is 1. The van der Waals surface area contributed by atoms with E-state index in [9.17, 15) is 9.59 Å². The molecular weight excluding hydrogens is 304 g/mol. The standard InChI is InChI=1S/C18H20N4O2/c1-12-8-17(23)15-6-4-5-7-16(15)22(12)11-18(24)20-13(2)14-9-19-21(3)10-14/h4-10,13H,11H2,1-3H3,(H,20,24)/t13-/m0/s1. The van der Waals surface area contributed by atoms with Gasteiger partial charge in [-0.2, -0.15) is 5.10 Å². The largest absolute Gasteiger partial charge is 0.348 e. The molecule has 124 valence electrons. The Kier molecular flexibility index (Phi) is 4.20. The van der Waals surface area contributed by atoms with Crippen molar-refractivity contribution in [1.82, 2.24) is 19.7 Å². The van der Waals surface area contributed by atoms with Crippen LogP contribution in [-0.2, 0) is 18.4 Å². The van der Waals surface area contributed by atoms with Crippen LogP contribution in [0.25, 0.3) is 10.9 Å². The van der Waals surface area contributed by atoms with Gasteiger partial charge in [-0.05, 0) is 26.0 Å². The van der Waals surface area contributed by atoms with Crippen molar-refractivity contribution in [3.8, 4) is 0 Å². The summed E-state index contributed by atoms with van der Waals surface area (Å²) in [4.78, 5) is 24.5. The van der Waals surface area contributed by atoms with Crippen molar-refractivity contribution in [3.05, 3.63) is 64.2 Å². The molecule has 24 heavy (non-hydrogen) atoms. The average molecular weight is 324 g/mol. The predicted octanol–water partition coefficient (Wildman–Crippen LogP) is 1.92. The number of para-hydroxylation sites is 1. The van der Waals surface area contributed by atoms with Crippen molar-refractivity contribution in [3.63, 3.8) is 0 Å². The number of carbonyl (C=O) groups is 1. The highest BCUT2D eigenvalue weighted by Gasteiger charge is 2.14. The number of rotatable bonds is 4. The van der Waals surface area contributed by atoms with Crippen LogP contribution in [-0.4, -0.2) is 20.3 Å². The molecule has 2 heterocycles. The molecule has 6 nitrogen and oxygen atoms in total. The molecule has 1 aromatic carbocycles. The Balaban J connectivity index is 1.84. The lowest BCUT2D eigenvalue weighted by Gasteiger charge is -2.17. The summed E-state index contributed by atoms with van der Waals surface area (Å²) in [6, 6.07) is 8.78. The monoisotopic (exact) mass is 324 g/mol. The van der Waals surface area contributed by atoms with Crippen LogP contribution < -0.4 is 10.7 Å². The molecule has 6 heteroatoms. The number of hydrogen-bond donors (Lipinski definition) is 1. The molecule has 0 saturated carbocycles. The van der Waals surface area contributed by atoms with Gasteiger partial charge < -0.3 is 9.88 Å². The van der Waals surface area contributed by atoms with Gasteiger partial charge in [0, 0.05) is 36.0 Å². The highest BCUT2D eigenvalue weighted by atomic mass is 16.2. The molecule has 3 rings (SSSR count). The summed E-state index contributed by atoms with van der Waals surface area (Å²) < 4.78 is 3.57. The summed E-state index contributed by atoms with van der Waals surface area (Å²) in [7, 11) is 1.84. The van der Waals surface area contributed by atoms with Crippen molar-refractivity contribution in [2.75, 3.05) is 0 Å². The Hall–Kier alpha value is -2.89. The number of hydrogen-bond acceptors (Lipinski definition) is 3. The molecule has 1 atom stereocenters. The smallest absolute Gasteiger partial charge is 0.240 e. The number of benzene rings is 1. The topological polar surface area (TPSA) is 68.9 Å². The number of nitrogens with zero attached hydrogens (tertiary/aromatic N) is 3. The lowest BCUT2D eigenvalue weighted by Crippen LogP contribution is -2.31. The Morgan fingerprint density at radius 2 is 2.08 bits per heavy atom. The van der Waals surface area contributed by atoms with E-state index in [2.05, 4.69) is 10.4 Å². The number of aromatic nitrogens is 3. The fourth-order valence-corrected chi connectivity index (χ4v) is 2.84. The summed E-state index contributed by atoms with van der Waals surface area (Å²) in [5, 5.41) is 7.71. The van der Waals surface area contributed by atoms with Gasteiger partial charge in [0.15, 0.2) is 5.43 Å². The van der Waals surface area contributed by atoms with E-state index in [1.165, 1.54) is 0 Å². The molecule has 0 saturated heterocycles. The number of amides is 1. The summed E-state index contributed by atoms with van der Waals surface area (Å²) in [6.07, 6.45) is 3.62. The number of nitrogens with one attached hydrogen (secondary N) is 1. The molecular formula is C18H20N4O2. The van der Waals surface area contributed by atoms with Gasteiger partial charge in [0.2, 0.25) is 5.91 Å². The minimum atomic E-state index is -0.128. The minimum Gasteiger partial charge on any atom is -0.348 e. The van der Waals surface area contributed by atoms with Crippen molar-refractivity contribution < 1.29 is 4.79 Å². The fourth-order valence-electron chi connectivity index (χ4n) is 2.84. The second kappa shape index (κ2) is 6.31. The third-order valence-corrected chi connectivity index (χ3v) is 4.13. The quantitative estimate of drug-likeness (QED) is 0.797. The molecule has 0 fully saturated rings. The first-order valence-corrected chi connectivity index (χ1v) is 7.83. The van der Waals surface area contributed by atoms with Gasteiger partial charge in [0.25, 0.3) is 0 Å². The third kappa shape index (κ3) is 3.08. The Morgan fingerprint density at radius 3 is 2.79 bits per heavy atom. The molecule has 3 aromatic rings. The Labute approximate surface area is 139 Å². The van der Waals surface area contributed by atoms with E-state index < -0.39 is 0 Å². The van der Waals surface area contributed by atoms with Gasteiger partial charge in [0.1, 0.15) is 6.54 Å². The van der Waals surface area contributed by atoms with Crippen LogP contribution in [0.3, 0.4) is 0 Å². The van der Waals surface area contributed by atoms with Crippen LogP contribution in [0.5, 0.6) is 0 Å². The van der Waals surface area contributed by atoms with Crippen LogP contribution in [0.4, 0.5) is 0 Å². The van der Waals surface area contributed by atoms with E-state index in [1.54, 1.807) is 23.0 Å². The van der Waals surface area contributed by atoms with Gasteiger partial charge in [-0.15, -0.1) is 0 Å². The van der Waals surface area contributed by atoms with Gasteiger partial charge in [0.05, 0.1) is 17.8 Å². The second-order valence-corrected chi connectivity index (χ2v) is 5.99. The van der Waals surface area contributed by atoms with Gasteiger partial charge >= 0.3 is 0 Å². The van der Waals surface area contributed by atoms with Crippen LogP contribution in [0, 0.1) is 6.92 Å². The van der Waals surface area contributed by atoms with Gasteiger partial charge in [-0.3, -0.25) is 14.3 Å². The summed E-state index contributed by atoms with van der Waals surface area (Å²) in [6.45, 7) is 3.92. The third-order valence-electron chi connectivity index (χ3n) is 4.13. The molecule has 1 N–H and O–H groups in total. The maximum Gasteiger partial charge on any atom is 0.240 e. The molecule has 0 aliphatic heterocycles. The molecule has 1 amide bonds. The molecule has 0 aliphatic carbocycles. The molecule has 0 unspecified atom stereocenters. The fraction of sp³-hybridized carbons (Fsp3) is 0.278. The van der Waals surface area contributed by atoms with E-state index >= 15 is 0 Å². The zero-order valence-electron chi connectivity index (χ0n) is 14.0. The second-order valence-electron chi connectivity index (χ2n) is 5.99. The van der Waals surface area contributed by atoms with Crippen molar-refractivity contribution in [2.24, 2.45) is 7.05 Å². The van der Waals surface area contributed by atoms with Gasteiger partial charge in [-0.25, -0.2) is 0 Å². The number of aryl methyl sites for hydroxylation is 2. The SMILES string of the molecule is Cc1cc(=O)c2ccccc2n1CC(=O)N[C@@H](C)c1cnn(C)c1. The van der Waals surface area contributed by atoms with Gasteiger partial charge in [-0.1, -0.05) is 12.1 Å². The first kappa shape index (κ1) is 16.0. The first-order chi connectivity index (χ1) is 11.5. The number of fused-ring (bicyclic) bond motifs is 1. The van der Waals surface area contributed by atoms with Crippen LogP contribution >= 0.6 is 0 Å². The maximum atomic E-state index is 12.4. The van der Waals surface area contributed by atoms with E-state index in [0.29, 0.717) is 5.39 Å². The zero-order chi connectivity index (χ0) is 17.3.